The van der Waals surface area contributed by atoms with Crippen molar-refractivity contribution < 1.29 is 21.4 Å². The minimum absolute atomic E-state index is 0.0481. The molecule has 0 spiro atoms. The van der Waals surface area contributed by atoms with Crippen molar-refractivity contribution in [2.45, 2.75) is 49.8 Å². The number of halogens is 2. The van der Waals surface area contributed by atoms with Gasteiger partial charge in [-0.15, -0.1) is 0 Å². The van der Waals surface area contributed by atoms with Gasteiger partial charge in [0.25, 0.3) is 10.1 Å². The highest BCUT2D eigenvalue weighted by Crippen LogP contribution is 2.37. The zero-order valence-corrected chi connectivity index (χ0v) is 12.8. The van der Waals surface area contributed by atoms with Gasteiger partial charge >= 0.3 is 0 Å². The minimum atomic E-state index is -3.75. The summed E-state index contributed by atoms with van der Waals surface area (Å²) in [5.74, 6) is -2.43. The summed E-state index contributed by atoms with van der Waals surface area (Å²) in [4.78, 5) is 0.128. The van der Waals surface area contributed by atoms with Crippen molar-refractivity contribution in [3.8, 4) is 0 Å². The van der Waals surface area contributed by atoms with Crippen molar-refractivity contribution in [2.75, 3.05) is 6.61 Å². The molecule has 0 bridgehead atoms. The molecule has 0 N–H and O–H groups in total. The van der Waals surface area contributed by atoms with Crippen LogP contribution in [0.5, 0.6) is 0 Å². The topological polar surface area (TPSA) is 43.4 Å². The second-order valence-electron chi connectivity index (χ2n) is 5.68. The zero-order valence-electron chi connectivity index (χ0n) is 12.0. The Hall–Kier alpha value is -1.01. The van der Waals surface area contributed by atoms with Gasteiger partial charge in [-0.3, -0.25) is 4.18 Å². The molecule has 2 rings (SSSR count). The van der Waals surface area contributed by atoms with Gasteiger partial charge in [0.2, 0.25) is 5.92 Å². The van der Waals surface area contributed by atoms with Crippen LogP contribution in [0, 0.1) is 12.8 Å². The van der Waals surface area contributed by atoms with E-state index in [1.54, 1.807) is 12.1 Å². The zero-order chi connectivity index (χ0) is 15.5. The van der Waals surface area contributed by atoms with E-state index in [1.165, 1.54) is 12.1 Å². The monoisotopic (exact) mass is 318 g/mol. The maximum atomic E-state index is 13.0. The van der Waals surface area contributed by atoms with Gasteiger partial charge in [-0.1, -0.05) is 17.7 Å². The van der Waals surface area contributed by atoms with E-state index in [2.05, 4.69) is 0 Å². The third-order valence-electron chi connectivity index (χ3n) is 3.91. The smallest absolute Gasteiger partial charge is 0.266 e. The summed E-state index contributed by atoms with van der Waals surface area (Å²) in [7, 11) is -3.75. The standard InChI is InChI=1S/C15H20F2O3S/c1-12-2-4-14(5-3-12)21(18,19)20-11-8-13-6-9-15(16,17)10-7-13/h2-5,13H,6-11H2,1H3. The van der Waals surface area contributed by atoms with Crippen LogP contribution >= 0.6 is 0 Å². The molecule has 0 amide bonds. The van der Waals surface area contributed by atoms with E-state index in [-0.39, 0.29) is 30.3 Å². The summed E-state index contributed by atoms with van der Waals surface area (Å²) in [5.41, 5.74) is 0.970. The maximum absolute atomic E-state index is 13.0. The van der Waals surface area contributed by atoms with Crippen molar-refractivity contribution >= 4 is 10.1 Å². The third-order valence-corrected chi connectivity index (χ3v) is 5.24. The molecule has 0 unspecified atom stereocenters. The Bertz CT molecular complexity index is 557. The lowest BCUT2D eigenvalue weighted by Gasteiger charge is -2.27. The molecule has 118 valence electrons. The molecule has 0 aromatic heterocycles. The van der Waals surface area contributed by atoms with Crippen LogP contribution in [0.25, 0.3) is 0 Å². The lowest BCUT2D eigenvalue weighted by molar-refractivity contribution is -0.0474. The molecular formula is C15H20F2O3S. The van der Waals surface area contributed by atoms with Crippen molar-refractivity contribution in [3.05, 3.63) is 29.8 Å². The summed E-state index contributed by atoms with van der Waals surface area (Å²) in [5, 5.41) is 0. The lowest BCUT2D eigenvalue weighted by Crippen LogP contribution is -2.25. The molecule has 0 heterocycles. The van der Waals surface area contributed by atoms with Crippen molar-refractivity contribution in [3.63, 3.8) is 0 Å². The molecule has 1 aliphatic carbocycles. The Kier molecular flexibility index (Phi) is 4.99. The molecular weight excluding hydrogens is 298 g/mol. The first-order valence-electron chi connectivity index (χ1n) is 7.12. The molecule has 1 aromatic carbocycles. The van der Waals surface area contributed by atoms with E-state index >= 15 is 0 Å². The molecule has 1 fully saturated rings. The van der Waals surface area contributed by atoms with Gasteiger partial charge in [0.05, 0.1) is 11.5 Å². The normalized spacial score (nSPS) is 19.6. The largest absolute Gasteiger partial charge is 0.296 e. The van der Waals surface area contributed by atoms with Gasteiger partial charge in [0.1, 0.15) is 0 Å². The SMILES string of the molecule is Cc1ccc(S(=O)(=O)OCCC2CCC(F)(F)CC2)cc1. The fourth-order valence-corrected chi connectivity index (χ4v) is 3.41. The Labute approximate surface area is 124 Å². The van der Waals surface area contributed by atoms with Crippen LogP contribution < -0.4 is 0 Å². The van der Waals surface area contributed by atoms with Crippen LogP contribution in [-0.4, -0.2) is 20.9 Å². The first-order valence-corrected chi connectivity index (χ1v) is 8.53. The van der Waals surface area contributed by atoms with E-state index < -0.39 is 16.0 Å². The fraction of sp³-hybridized carbons (Fsp3) is 0.600. The van der Waals surface area contributed by atoms with Crippen molar-refractivity contribution in [1.29, 1.82) is 0 Å². The molecule has 3 nitrogen and oxygen atoms in total. The molecule has 0 radical (unpaired) electrons. The van der Waals surface area contributed by atoms with Gasteiger partial charge in [0, 0.05) is 12.8 Å². The number of hydrogen-bond donors (Lipinski definition) is 0. The Morgan fingerprint density at radius 3 is 2.33 bits per heavy atom. The molecule has 0 saturated heterocycles. The van der Waals surface area contributed by atoms with Crippen molar-refractivity contribution in [1.82, 2.24) is 0 Å². The van der Waals surface area contributed by atoms with Crippen molar-refractivity contribution in [2.24, 2.45) is 5.92 Å². The number of hydrogen-bond acceptors (Lipinski definition) is 3. The van der Waals surface area contributed by atoms with E-state index in [9.17, 15) is 17.2 Å². The van der Waals surface area contributed by atoms with Crippen LogP contribution in [0.3, 0.4) is 0 Å². The van der Waals surface area contributed by atoms with Gasteiger partial charge in [-0.25, -0.2) is 8.78 Å². The second kappa shape index (κ2) is 6.40. The highest BCUT2D eigenvalue weighted by Gasteiger charge is 2.34. The number of rotatable bonds is 5. The average Bonchev–Trinajstić information content (AvgIpc) is 2.41. The first-order chi connectivity index (χ1) is 9.78. The molecule has 0 aliphatic heterocycles. The van der Waals surface area contributed by atoms with E-state index in [1.807, 2.05) is 6.92 Å². The fourth-order valence-electron chi connectivity index (χ4n) is 2.49. The summed E-state index contributed by atoms with van der Waals surface area (Å²) in [6.45, 7) is 1.92. The molecule has 1 aromatic rings. The number of aryl methyl sites for hydroxylation is 1. The van der Waals surface area contributed by atoms with Crippen LogP contribution in [-0.2, 0) is 14.3 Å². The predicted molar refractivity (Wildman–Crippen MR) is 75.8 cm³/mol. The highest BCUT2D eigenvalue weighted by atomic mass is 32.2. The van der Waals surface area contributed by atoms with Gasteiger partial charge in [-0.2, -0.15) is 8.42 Å². The number of benzene rings is 1. The molecule has 21 heavy (non-hydrogen) atoms. The lowest BCUT2D eigenvalue weighted by atomic mass is 9.85. The molecule has 1 saturated carbocycles. The first kappa shape index (κ1) is 16.4. The Balaban J connectivity index is 1.82. The molecule has 0 atom stereocenters. The Morgan fingerprint density at radius 1 is 1.19 bits per heavy atom. The van der Waals surface area contributed by atoms with E-state index in [4.69, 9.17) is 4.18 Å². The van der Waals surface area contributed by atoms with Gasteiger partial charge in [-0.05, 0) is 44.2 Å². The molecule has 1 aliphatic rings. The Morgan fingerprint density at radius 2 is 1.76 bits per heavy atom. The van der Waals surface area contributed by atoms with Crippen LogP contribution in [0.4, 0.5) is 8.78 Å². The van der Waals surface area contributed by atoms with E-state index in [0.717, 1.165) is 5.56 Å². The average molecular weight is 318 g/mol. The summed E-state index contributed by atoms with van der Waals surface area (Å²) in [6, 6.07) is 6.43. The maximum Gasteiger partial charge on any atom is 0.296 e. The third kappa shape index (κ3) is 4.74. The second-order valence-corrected chi connectivity index (χ2v) is 7.29. The summed E-state index contributed by atoms with van der Waals surface area (Å²) in [6.07, 6.45) is 1.15. The van der Waals surface area contributed by atoms with Gasteiger partial charge < -0.3 is 0 Å². The minimum Gasteiger partial charge on any atom is -0.266 e. The van der Waals surface area contributed by atoms with Crippen LogP contribution in [0.1, 0.15) is 37.7 Å². The highest BCUT2D eigenvalue weighted by molar-refractivity contribution is 7.86. The van der Waals surface area contributed by atoms with Crippen LogP contribution in [0.2, 0.25) is 0 Å². The predicted octanol–water partition coefficient (Wildman–Crippen LogP) is 3.92. The summed E-state index contributed by atoms with van der Waals surface area (Å²) < 4.78 is 54.9. The van der Waals surface area contributed by atoms with Crippen LogP contribution in [0.15, 0.2) is 29.2 Å². The van der Waals surface area contributed by atoms with E-state index in [0.29, 0.717) is 19.3 Å². The summed E-state index contributed by atoms with van der Waals surface area (Å²) >= 11 is 0. The molecule has 6 heteroatoms. The quantitative estimate of drug-likeness (QED) is 0.773. The van der Waals surface area contributed by atoms with Gasteiger partial charge in [0.15, 0.2) is 0 Å². The number of alkyl halides is 2.